The second-order valence-corrected chi connectivity index (χ2v) is 7.69. The van der Waals surface area contributed by atoms with Crippen molar-refractivity contribution in [2.45, 2.75) is 17.4 Å². The molecule has 3 rings (SSSR count). The van der Waals surface area contributed by atoms with Gasteiger partial charge in [-0.1, -0.05) is 23.9 Å². The minimum absolute atomic E-state index is 0.0388. The Bertz CT molecular complexity index is 1180. The highest BCUT2D eigenvalue weighted by Crippen LogP contribution is 2.37. The SMILES string of the molecule is O=C(CSc1ccc(-c2cccc([N+](=O)[O-])c2)nn1)Nc1cc(C(F)(F)F)cc(C(F)(F)F)c1. The van der Waals surface area contributed by atoms with Crippen molar-refractivity contribution in [3.63, 3.8) is 0 Å². The molecule has 0 saturated carbocycles. The molecular weight excluding hydrogens is 490 g/mol. The van der Waals surface area contributed by atoms with Crippen molar-refractivity contribution in [3.8, 4) is 11.3 Å². The molecule has 0 saturated heterocycles. The number of hydrogen-bond donors (Lipinski definition) is 1. The summed E-state index contributed by atoms with van der Waals surface area (Å²) in [7, 11) is 0. The summed E-state index contributed by atoms with van der Waals surface area (Å²) in [6, 6.07) is 9.40. The van der Waals surface area contributed by atoms with Crippen molar-refractivity contribution in [3.05, 3.63) is 75.8 Å². The molecule has 1 heterocycles. The van der Waals surface area contributed by atoms with E-state index < -0.39 is 40.0 Å². The minimum atomic E-state index is -5.04. The van der Waals surface area contributed by atoms with E-state index >= 15 is 0 Å². The lowest BCUT2D eigenvalue weighted by Crippen LogP contribution is -2.17. The molecule has 3 aromatic rings. The van der Waals surface area contributed by atoms with Crippen LogP contribution in [0.2, 0.25) is 0 Å². The van der Waals surface area contributed by atoms with Gasteiger partial charge in [0.05, 0.1) is 27.5 Å². The molecule has 0 radical (unpaired) electrons. The summed E-state index contributed by atoms with van der Waals surface area (Å²) in [5, 5.41) is 20.9. The monoisotopic (exact) mass is 502 g/mol. The topological polar surface area (TPSA) is 98.0 Å². The molecule has 0 aliphatic heterocycles. The summed E-state index contributed by atoms with van der Waals surface area (Å²) in [5.41, 5.74) is -3.14. The zero-order chi connectivity index (χ0) is 25.1. The number of thioether (sulfide) groups is 1. The number of nitro benzene ring substituents is 1. The van der Waals surface area contributed by atoms with E-state index in [1.807, 2.05) is 5.32 Å². The van der Waals surface area contributed by atoms with Gasteiger partial charge < -0.3 is 5.32 Å². The molecule has 0 unspecified atom stereocenters. The van der Waals surface area contributed by atoms with Gasteiger partial charge in [-0.3, -0.25) is 14.9 Å². The maximum absolute atomic E-state index is 12.9. The number of nitro groups is 1. The van der Waals surface area contributed by atoms with Crippen LogP contribution in [-0.2, 0) is 17.1 Å². The number of halogens is 6. The summed E-state index contributed by atoms with van der Waals surface area (Å²) in [6.45, 7) is 0. The number of carbonyl (C=O) groups is 1. The Hall–Kier alpha value is -3.68. The highest BCUT2D eigenvalue weighted by molar-refractivity contribution is 7.99. The zero-order valence-corrected chi connectivity index (χ0v) is 17.5. The number of alkyl halides is 6. The quantitative estimate of drug-likeness (QED) is 0.197. The third-order valence-electron chi connectivity index (χ3n) is 4.22. The number of hydrogen-bond acceptors (Lipinski definition) is 6. The van der Waals surface area contributed by atoms with Crippen LogP contribution in [-0.4, -0.2) is 26.8 Å². The van der Waals surface area contributed by atoms with Gasteiger partial charge in [-0.2, -0.15) is 26.3 Å². The molecule has 0 aliphatic rings. The van der Waals surface area contributed by atoms with Gasteiger partial charge in [0.25, 0.3) is 5.69 Å². The lowest BCUT2D eigenvalue weighted by Gasteiger charge is -2.14. The largest absolute Gasteiger partial charge is 0.416 e. The fraction of sp³-hybridized carbons (Fsp3) is 0.150. The second kappa shape index (κ2) is 9.67. The van der Waals surface area contributed by atoms with E-state index in [4.69, 9.17) is 0 Å². The van der Waals surface area contributed by atoms with Gasteiger partial charge in [0.2, 0.25) is 5.91 Å². The fourth-order valence-electron chi connectivity index (χ4n) is 2.69. The number of amides is 1. The molecule has 178 valence electrons. The molecule has 7 nitrogen and oxygen atoms in total. The third-order valence-corrected chi connectivity index (χ3v) is 5.14. The molecule has 0 fully saturated rings. The van der Waals surface area contributed by atoms with Crippen LogP contribution in [0.1, 0.15) is 11.1 Å². The predicted octanol–water partition coefficient (Wildman–Crippen LogP) is 5.82. The normalized spacial score (nSPS) is 11.8. The molecule has 14 heteroatoms. The number of carbonyl (C=O) groups excluding carboxylic acids is 1. The van der Waals surface area contributed by atoms with Gasteiger partial charge in [-0.15, -0.1) is 10.2 Å². The van der Waals surface area contributed by atoms with Crippen LogP contribution < -0.4 is 5.32 Å². The van der Waals surface area contributed by atoms with Crippen LogP contribution in [0, 0.1) is 10.1 Å². The Morgan fingerprint density at radius 2 is 1.59 bits per heavy atom. The Labute approximate surface area is 191 Å². The Kier molecular flexibility index (Phi) is 7.09. The number of benzene rings is 2. The van der Waals surface area contributed by atoms with Crippen LogP contribution in [0.4, 0.5) is 37.7 Å². The van der Waals surface area contributed by atoms with Gasteiger partial charge in [-0.05, 0) is 30.3 Å². The highest BCUT2D eigenvalue weighted by Gasteiger charge is 2.37. The number of nitrogens with zero attached hydrogens (tertiary/aromatic N) is 3. The first kappa shape index (κ1) is 25.0. The van der Waals surface area contributed by atoms with Crippen molar-refractivity contribution in [2.75, 3.05) is 11.1 Å². The van der Waals surface area contributed by atoms with Crippen molar-refractivity contribution in [1.82, 2.24) is 10.2 Å². The van der Waals surface area contributed by atoms with Crippen molar-refractivity contribution in [1.29, 1.82) is 0 Å². The maximum atomic E-state index is 12.9. The van der Waals surface area contributed by atoms with Crippen LogP contribution in [0.15, 0.2) is 59.6 Å². The average Bonchev–Trinajstić information content (AvgIpc) is 2.77. The predicted molar refractivity (Wildman–Crippen MR) is 110 cm³/mol. The van der Waals surface area contributed by atoms with Crippen LogP contribution >= 0.6 is 11.8 Å². The fourth-order valence-corrected chi connectivity index (χ4v) is 3.31. The summed E-state index contributed by atoms with van der Waals surface area (Å²) in [6.07, 6.45) is -10.1. The molecule has 2 aromatic carbocycles. The van der Waals surface area contributed by atoms with E-state index in [0.29, 0.717) is 23.4 Å². The Balaban J connectivity index is 1.67. The molecule has 0 atom stereocenters. The van der Waals surface area contributed by atoms with Crippen LogP contribution in [0.25, 0.3) is 11.3 Å². The average molecular weight is 502 g/mol. The van der Waals surface area contributed by atoms with E-state index in [9.17, 15) is 41.3 Å². The van der Waals surface area contributed by atoms with E-state index in [-0.39, 0.29) is 22.5 Å². The van der Waals surface area contributed by atoms with E-state index in [1.165, 1.54) is 30.3 Å². The molecule has 0 aliphatic carbocycles. The number of nitrogens with one attached hydrogen (secondary N) is 1. The maximum Gasteiger partial charge on any atom is 0.416 e. The number of rotatable bonds is 6. The molecular formula is C20H12F6N4O3S. The lowest BCUT2D eigenvalue weighted by molar-refractivity contribution is -0.384. The molecule has 1 amide bonds. The molecule has 1 aromatic heterocycles. The van der Waals surface area contributed by atoms with Gasteiger partial charge in [0.15, 0.2) is 0 Å². The van der Waals surface area contributed by atoms with Gasteiger partial charge in [0, 0.05) is 23.4 Å². The lowest BCUT2D eigenvalue weighted by atomic mass is 10.1. The third kappa shape index (κ3) is 6.43. The first-order chi connectivity index (χ1) is 15.8. The summed E-state index contributed by atoms with van der Waals surface area (Å²) >= 11 is 0.841. The molecule has 1 N–H and O–H groups in total. The van der Waals surface area contributed by atoms with Crippen molar-refractivity contribution in [2.24, 2.45) is 0 Å². The summed E-state index contributed by atoms with van der Waals surface area (Å²) in [4.78, 5) is 22.4. The smallest absolute Gasteiger partial charge is 0.325 e. The van der Waals surface area contributed by atoms with Crippen molar-refractivity contribution >= 4 is 29.0 Å². The minimum Gasteiger partial charge on any atom is -0.325 e. The van der Waals surface area contributed by atoms with E-state index in [0.717, 1.165) is 11.8 Å². The van der Waals surface area contributed by atoms with Gasteiger partial charge >= 0.3 is 12.4 Å². The molecule has 34 heavy (non-hydrogen) atoms. The number of non-ortho nitro benzene ring substituents is 1. The Morgan fingerprint density at radius 3 is 2.12 bits per heavy atom. The second-order valence-electron chi connectivity index (χ2n) is 6.70. The zero-order valence-electron chi connectivity index (χ0n) is 16.6. The molecule has 0 spiro atoms. The number of aromatic nitrogens is 2. The van der Waals surface area contributed by atoms with Crippen LogP contribution in [0.3, 0.4) is 0 Å². The van der Waals surface area contributed by atoms with Gasteiger partial charge in [-0.25, -0.2) is 0 Å². The van der Waals surface area contributed by atoms with E-state index in [1.54, 1.807) is 6.07 Å². The van der Waals surface area contributed by atoms with Gasteiger partial charge in [0.1, 0.15) is 5.03 Å². The van der Waals surface area contributed by atoms with Crippen molar-refractivity contribution < 1.29 is 36.1 Å². The Morgan fingerprint density at radius 1 is 0.941 bits per heavy atom. The van der Waals surface area contributed by atoms with E-state index in [2.05, 4.69) is 10.2 Å². The summed E-state index contributed by atoms with van der Waals surface area (Å²) in [5.74, 6) is -1.23. The number of anilines is 1. The highest BCUT2D eigenvalue weighted by atomic mass is 32.2. The summed E-state index contributed by atoms with van der Waals surface area (Å²) < 4.78 is 77.6. The first-order valence-corrected chi connectivity index (χ1v) is 10.1. The molecule has 0 bridgehead atoms. The van der Waals surface area contributed by atoms with Crippen LogP contribution in [0.5, 0.6) is 0 Å². The first-order valence-electron chi connectivity index (χ1n) is 9.13. The standard InChI is InChI=1S/C20H12F6N4O3S/c21-19(22,23)12-7-13(20(24,25)26)9-14(8-12)27-17(31)10-34-18-5-4-16(28-29-18)11-2-1-3-15(6-11)30(32)33/h1-9H,10H2,(H,27,31).